The summed E-state index contributed by atoms with van der Waals surface area (Å²) >= 11 is 0. The Balaban J connectivity index is 1.42. The molecule has 8 heteroatoms. The van der Waals surface area contributed by atoms with Gasteiger partial charge in [-0.05, 0) is 59.9 Å². The summed E-state index contributed by atoms with van der Waals surface area (Å²) in [5.74, 6) is 0.770. The first-order valence-electron chi connectivity index (χ1n) is 11.8. The topological polar surface area (TPSA) is 88.9 Å². The Bertz CT molecular complexity index is 1320. The molecule has 1 aliphatic heterocycles. The monoisotopic (exact) mass is 458 g/mol. The second kappa shape index (κ2) is 9.87. The molecule has 8 nitrogen and oxygen atoms in total. The minimum absolute atomic E-state index is 0.0533. The molecule has 1 aliphatic rings. The number of nitrogens with one attached hydrogen (secondary N) is 1. The molecule has 176 valence electrons. The van der Waals surface area contributed by atoms with E-state index in [1.807, 2.05) is 41.9 Å². The van der Waals surface area contributed by atoms with E-state index in [2.05, 4.69) is 50.5 Å². The predicted octanol–water partition coefficient (Wildman–Crippen LogP) is 3.36. The maximum Gasteiger partial charge on any atom is 0.252 e. The second-order valence-corrected chi connectivity index (χ2v) is 9.15. The van der Waals surface area contributed by atoms with Crippen LogP contribution in [0, 0.1) is 13.8 Å². The summed E-state index contributed by atoms with van der Waals surface area (Å²) in [5, 5.41) is 13.5. The largest absolute Gasteiger partial charge is 0.377 e. The van der Waals surface area contributed by atoms with Gasteiger partial charge in [-0.25, -0.2) is 4.68 Å². The molecule has 34 heavy (non-hydrogen) atoms. The molecule has 0 radical (unpaired) electrons. The van der Waals surface area contributed by atoms with E-state index < -0.39 is 0 Å². The Hall–Kier alpha value is -3.36. The molecule has 4 aromatic rings. The highest BCUT2D eigenvalue weighted by Gasteiger charge is 2.22. The van der Waals surface area contributed by atoms with E-state index in [0.29, 0.717) is 19.6 Å². The van der Waals surface area contributed by atoms with Gasteiger partial charge in [-0.15, -0.1) is 5.10 Å². The highest BCUT2D eigenvalue weighted by Crippen LogP contribution is 2.21. The molecule has 0 amide bonds. The van der Waals surface area contributed by atoms with E-state index in [4.69, 9.17) is 4.74 Å². The first kappa shape index (κ1) is 22.4. The Morgan fingerprint density at radius 2 is 1.94 bits per heavy atom. The number of hydrogen-bond donors (Lipinski definition) is 1. The normalized spacial score (nSPS) is 16.0. The number of pyridine rings is 1. The number of fused-ring (bicyclic) bond motifs is 1. The third-order valence-electron chi connectivity index (χ3n) is 6.55. The van der Waals surface area contributed by atoms with E-state index in [9.17, 15) is 4.79 Å². The van der Waals surface area contributed by atoms with Gasteiger partial charge in [0.05, 0.1) is 24.7 Å². The summed E-state index contributed by atoms with van der Waals surface area (Å²) in [7, 11) is 0. The lowest BCUT2D eigenvalue weighted by molar-refractivity contribution is 0.0663. The third-order valence-corrected chi connectivity index (χ3v) is 6.55. The maximum atomic E-state index is 13.0. The first-order valence-corrected chi connectivity index (χ1v) is 11.8. The maximum absolute atomic E-state index is 13.0. The Morgan fingerprint density at radius 3 is 2.74 bits per heavy atom. The summed E-state index contributed by atoms with van der Waals surface area (Å²) in [5.41, 5.74) is 4.95. The Labute approximate surface area is 198 Å². The number of hydrogen-bond acceptors (Lipinski definition) is 6. The van der Waals surface area contributed by atoms with E-state index in [0.717, 1.165) is 65.0 Å². The zero-order valence-corrected chi connectivity index (χ0v) is 19.7. The fraction of sp³-hybridized carbons (Fsp3) is 0.385. The van der Waals surface area contributed by atoms with Crippen LogP contribution in [0.2, 0.25) is 0 Å². The molecule has 0 spiro atoms. The Morgan fingerprint density at radius 1 is 1.12 bits per heavy atom. The number of nitrogens with zero attached hydrogens (tertiary/aromatic N) is 5. The van der Waals surface area contributed by atoms with Gasteiger partial charge in [-0.2, -0.15) is 0 Å². The van der Waals surface area contributed by atoms with E-state index in [1.165, 1.54) is 0 Å². The summed E-state index contributed by atoms with van der Waals surface area (Å²) in [6.07, 6.45) is 2.25. The summed E-state index contributed by atoms with van der Waals surface area (Å²) in [4.78, 5) is 18.4. The fourth-order valence-corrected chi connectivity index (χ4v) is 4.65. The summed E-state index contributed by atoms with van der Waals surface area (Å²) in [6.45, 7) is 7.24. The van der Waals surface area contributed by atoms with Crippen molar-refractivity contribution >= 4 is 10.9 Å². The van der Waals surface area contributed by atoms with Crippen molar-refractivity contribution in [3.8, 4) is 0 Å². The standard InChI is InChI=1S/C26H30N6O2/c1-18-10-11-19(2)25-23(18)13-21(26(33)27-25)15-31(16-22-9-6-12-34-22)17-24-28-29-30-32(24)14-20-7-4-3-5-8-20/h3-5,7-8,10-11,13,22H,6,9,12,14-17H2,1-2H3,(H,27,33)/t22-/m1/s1. The van der Waals surface area contributed by atoms with Gasteiger partial charge in [0, 0.05) is 30.6 Å². The van der Waals surface area contributed by atoms with Crippen molar-refractivity contribution in [2.45, 2.75) is 52.4 Å². The van der Waals surface area contributed by atoms with Crippen LogP contribution in [0.5, 0.6) is 0 Å². The minimum atomic E-state index is -0.0533. The van der Waals surface area contributed by atoms with Crippen LogP contribution in [0.15, 0.2) is 53.3 Å². The number of aryl methyl sites for hydroxylation is 2. The highest BCUT2D eigenvalue weighted by molar-refractivity contribution is 5.85. The van der Waals surface area contributed by atoms with Gasteiger partial charge in [0.25, 0.3) is 5.56 Å². The molecule has 3 heterocycles. The van der Waals surface area contributed by atoms with Gasteiger partial charge in [0.2, 0.25) is 0 Å². The molecule has 2 aromatic heterocycles. The lowest BCUT2D eigenvalue weighted by atomic mass is 10.0. The van der Waals surface area contributed by atoms with Gasteiger partial charge < -0.3 is 9.72 Å². The minimum Gasteiger partial charge on any atom is -0.377 e. The van der Waals surface area contributed by atoms with Crippen molar-refractivity contribution in [3.63, 3.8) is 0 Å². The van der Waals surface area contributed by atoms with Crippen LogP contribution < -0.4 is 5.56 Å². The number of aromatic amines is 1. The van der Waals surface area contributed by atoms with Crippen molar-refractivity contribution in [2.75, 3.05) is 13.2 Å². The lowest BCUT2D eigenvalue weighted by Crippen LogP contribution is -2.34. The summed E-state index contributed by atoms with van der Waals surface area (Å²) in [6, 6.07) is 16.3. The number of tetrazole rings is 1. The highest BCUT2D eigenvalue weighted by atomic mass is 16.5. The van der Waals surface area contributed by atoms with Crippen LogP contribution in [-0.2, 0) is 24.4 Å². The van der Waals surface area contributed by atoms with Crippen molar-refractivity contribution in [3.05, 3.63) is 87.0 Å². The Kier molecular flexibility index (Phi) is 6.51. The van der Waals surface area contributed by atoms with Crippen molar-refractivity contribution < 1.29 is 4.74 Å². The molecule has 2 aromatic carbocycles. The quantitative estimate of drug-likeness (QED) is 0.436. The molecule has 1 saturated heterocycles. The number of aromatic nitrogens is 5. The molecular formula is C26H30N6O2. The van der Waals surface area contributed by atoms with Crippen LogP contribution in [0.3, 0.4) is 0 Å². The zero-order chi connectivity index (χ0) is 23.5. The van der Waals surface area contributed by atoms with Gasteiger partial charge in [-0.1, -0.05) is 42.5 Å². The van der Waals surface area contributed by atoms with Crippen LogP contribution in [0.4, 0.5) is 0 Å². The van der Waals surface area contributed by atoms with Gasteiger partial charge in [0.1, 0.15) is 0 Å². The van der Waals surface area contributed by atoms with Gasteiger partial charge in [0.15, 0.2) is 5.82 Å². The molecule has 0 saturated carbocycles. The number of H-pyrrole nitrogens is 1. The molecule has 0 bridgehead atoms. The van der Waals surface area contributed by atoms with E-state index >= 15 is 0 Å². The molecule has 0 unspecified atom stereocenters. The number of ether oxygens (including phenoxy) is 1. The SMILES string of the molecule is Cc1ccc(C)c2[nH]c(=O)c(CN(Cc3nnnn3Cc3ccccc3)C[C@H]3CCCO3)cc12. The second-order valence-electron chi connectivity index (χ2n) is 9.15. The molecule has 1 fully saturated rings. The predicted molar refractivity (Wildman–Crippen MR) is 130 cm³/mol. The van der Waals surface area contributed by atoms with Crippen LogP contribution in [-0.4, -0.2) is 49.3 Å². The van der Waals surface area contributed by atoms with Crippen LogP contribution >= 0.6 is 0 Å². The van der Waals surface area contributed by atoms with Crippen molar-refractivity contribution in [1.82, 2.24) is 30.1 Å². The summed E-state index contributed by atoms with van der Waals surface area (Å²) < 4.78 is 7.74. The molecule has 1 atom stereocenters. The van der Waals surface area contributed by atoms with Gasteiger partial charge in [-0.3, -0.25) is 9.69 Å². The van der Waals surface area contributed by atoms with E-state index in [1.54, 1.807) is 0 Å². The molecule has 1 N–H and O–H groups in total. The molecule has 5 rings (SSSR count). The zero-order valence-electron chi connectivity index (χ0n) is 19.7. The van der Waals surface area contributed by atoms with Crippen LogP contribution in [0.25, 0.3) is 10.9 Å². The van der Waals surface area contributed by atoms with Crippen molar-refractivity contribution in [1.29, 1.82) is 0 Å². The third kappa shape index (κ3) is 4.93. The lowest BCUT2D eigenvalue weighted by Gasteiger charge is -2.24. The number of benzene rings is 2. The van der Waals surface area contributed by atoms with Crippen molar-refractivity contribution in [2.24, 2.45) is 0 Å². The van der Waals surface area contributed by atoms with Crippen LogP contribution in [0.1, 0.15) is 40.9 Å². The average Bonchev–Trinajstić information content (AvgIpc) is 3.50. The fourth-order valence-electron chi connectivity index (χ4n) is 4.65. The van der Waals surface area contributed by atoms with Gasteiger partial charge >= 0.3 is 0 Å². The smallest absolute Gasteiger partial charge is 0.252 e. The first-order chi connectivity index (χ1) is 16.6. The van der Waals surface area contributed by atoms with E-state index in [-0.39, 0.29) is 11.7 Å². The number of rotatable bonds is 8. The molecular weight excluding hydrogens is 428 g/mol. The molecule has 0 aliphatic carbocycles. The average molecular weight is 459 g/mol.